The molecule has 1 heterocycles. The summed E-state index contributed by atoms with van der Waals surface area (Å²) in [5, 5.41) is 3.37. The summed E-state index contributed by atoms with van der Waals surface area (Å²) in [7, 11) is 1.64. The fraction of sp³-hybridized carbons (Fsp3) is 0.375. The van der Waals surface area contributed by atoms with Crippen LogP contribution in [0.5, 0.6) is 11.5 Å². The molecule has 0 aliphatic rings. The summed E-state index contributed by atoms with van der Waals surface area (Å²) in [5.41, 5.74) is 1.16. The van der Waals surface area contributed by atoms with Crippen LogP contribution in [0.3, 0.4) is 0 Å². The van der Waals surface area contributed by atoms with Crippen molar-refractivity contribution >= 4 is 0 Å². The standard InChI is InChI=1S/C16H21N3O2/c1-3-7-17-11-13-5-6-14(20-2)15(10-13)21-12-16-18-8-4-9-19-16/h4-6,8-10,17H,3,7,11-12H2,1-2H3. The lowest BCUT2D eigenvalue weighted by Gasteiger charge is -2.12. The monoisotopic (exact) mass is 287 g/mol. The first-order valence-corrected chi connectivity index (χ1v) is 7.09. The van der Waals surface area contributed by atoms with E-state index in [1.807, 2.05) is 18.2 Å². The number of nitrogens with one attached hydrogen (secondary N) is 1. The predicted octanol–water partition coefficient (Wildman–Crippen LogP) is 2.56. The van der Waals surface area contributed by atoms with E-state index >= 15 is 0 Å². The number of aromatic nitrogens is 2. The average molecular weight is 287 g/mol. The molecule has 1 aromatic carbocycles. The van der Waals surface area contributed by atoms with Crippen LogP contribution in [-0.4, -0.2) is 23.6 Å². The van der Waals surface area contributed by atoms with Crippen LogP contribution in [0.25, 0.3) is 0 Å². The van der Waals surface area contributed by atoms with Crippen LogP contribution in [0.15, 0.2) is 36.7 Å². The van der Waals surface area contributed by atoms with Crippen molar-refractivity contribution in [2.24, 2.45) is 0 Å². The van der Waals surface area contributed by atoms with Gasteiger partial charge < -0.3 is 14.8 Å². The molecular weight excluding hydrogens is 266 g/mol. The van der Waals surface area contributed by atoms with Gasteiger partial charge in [0.05, 0.1) is 7.11 Å². The summed E-state index contributed by atoms with van der Waals surface area (Å²) >= 11 is 0. The van der Waals surface area contributed by atoms with Gasteiger partial charge in [-0.1, -0.05) is 13.0 Å². The molecule has 0 atom stereocenters. The second-order valence-corrected chi connectivity index (χ2v) is 4.62. The third-order valence-electron chi connectivity index (χ3n) is 2.96. The Balaban J connectivity index is 2.03. The van der Waals surface area contributed by atoms with Gasteiger partial charge in [0.15, 0.2) is 17.3 Å². The smallest absolute Gasteiger partial charge is 0.166 e. The van der Waals surface area contributed by atoms with Gasteiger partial charge in [-0.2, -0.15) is 0 Å². The number of ether oxygens (including phenoxy) is 2. The summed E-state index contributed by atoms with van der Waals surface area (Å²) < 4.78 is 11.1. The molecule has 0 radical (unpaired) electrons. The van der Waals surface area contributed by atoms with Crippen LogP contribution in [0.2, 0.25) is 0 Å². The molecule has 0 fully saturated rings. The third-order valence-corrected chi connectivity index (χ3v) is 2.96. The van der Waals surface area contributed by atoms with Gasteiger partial charge in [-0.05, 0) is 36.7 Å². The summed E-state index contributed by atoms with van der Waals surface area (Å²) in [6.45, 7) is 4.29. The first-order valence-electron chi connectivity index (χ1n) is 7.09. The highest BCUT2D eigenvalue weighted by Gasteiger charge is 2.07. The SMILES string of the molecule is CCCNCc1ccc(OC)c(OCc2ncccn2)c1. The molecule has 0 aliphatic heterocycles. The third kappa shape index (κ3) is 4.72. The Labute approximate surface area is 125 Å². The lowest BCUT2D eigenvalue weighted by Crippen LogP contribution is -2.13. The van der Waals surface area contributed by atoms with E-state index < -0.39 is 0 Å². The molecule has 0 saturated carbocycles. The highest BCUT2D eigenvalue weighted by Crippen LogP contribution is 2.28. The Kier molecular flexibility index (Phi) is 5.97. The summed E-state index contributed by atoms with van der Waals surface area (Å²) in [4.78, 5) is 8.29. The lowest BCUT2D eigenvalue weighted by molar-refractivity contribution is 0.276. The van der Waals surface area contributed by atoms with Gasteiger partial charge in [-0.3, -0.25) is 0 Å². The van der Waals surface area contributed by atoms with E-state index in [1.165, 1.54) is 0 Å². The zero-order chi connectivity index (χ0) is 14.9. The van der Waals surface area contributed by atoms with Crippen LogP contribution in [0.1, 0.15) is 24.7 Å². The van der Waals surface area contributed by atoms with Gasteiger partial charge in [-0.25, -0.2) is 9.97 Å². The van der Waals surface area contributed by atoms with E-state index in [1.54, 1.807) is 25.6 Å². The minimum Gasteiger partial charge on any atom is -0.493 e. The number of methoxy groups -OCH3 is 1. The van der Waals surface area contributed by atoms with Crippen molar-refractivity contribution in [3.05, 3.63) is 48.0 Å². The fourth-order valence-corrected chi connectivity index (χ4v) is 1.90. The van der Waals surface area contributed by atoms with Gasteiger partial charge in [0.25, 0.3) is 0 Å². The maximum Gasteiger partial charge on any atom is 0.166 e. The first kappa shape index (κ1) is 15.3. The molecule has 21 heavy (non-hydrogen) atoms. The second-order valence-electron chi connectivity index (χ2n) is 4.62. The Morgan fingerprint density at radius 1 is 1.14 bits per heavy atom. The largest absolute Gasteiger partial charge is 0.493 e. The maximum atomic E-state index is 5.78. The van der Waals surface area contributed by atoms with Crippen molar-refractivity contribution in [1.29, 1.82) is 0 Å². The summed E-state index contributed by atoms with van der Waals surface area (Å²) in [5.74, 6) is 2.07. The van der Waals surface area contributed by atoms with Gasteiger partial charge in [0.1, 0.15) is 6.61 Å². The molecule has 2 rings (SSSR count). The summed E-state index contributed by atoms with van der Waals surface area (Å²) in [6, 6.07) is 7.73. The van der Waals surface area contributed by atoms with Crippen molar-refractivity contribution < 1.29 is 9.47 Å². The number of rotatable bonds is 8. The van der Waals surface area contributed by atoms with Crippen molar-refractivity contribution in [1.82, 2.24) is 15.3 Å². The van der Waals surface area contributed by atoms with Crippen LogP contribution >= 0.6 is 0 Å². The topological polar surface area (TPSA) is 56.3 Å². The van der Waals surface area contributed by atoms with E-state index in [-0.39, 0.29) is 0 Å². The van der Waals surface area contributed by atoms with Crippen LogP contribution in [0, 0.1) is 0 Å². The molecule has 5 heteroatoms. The first-order chi connectivity index (χ1) is 10.3. The normalized spacial score (nSPS) is 10.4. The number of hydrogen-bond donors (Lipinski definition) is 1. The Morgan fingerprint density at radius 3 is 2.67 bits per heavy atom. The van der Waals surface area contributed by atoms with E-state index in [0.29, 0.717) is 23.9 Å². The molecule has 2 aromatic rings. The molecule has 0 aliphatic carbocycles. The number of hydrogen-bond acceptors (Lipinski definition) is 5. The molecule has 1 aromatic heterocycles. The van der Waals surface area contributed by atoms with Crippen LogP contribution in [0.4, 0.5) is 0 Å². The van der Waals surface area contributed by atoms with Gasteiger partial charge in [0.2, 0.25) is 0 Å². The molecular formula is C16H21N3O2. The maximum absolute atomic E-state index is 5.78. The molecule has 1 N–H and O–H groups in total. The van der Waals surface area contributed by atoms with Crippen LogP contribution in [-0.2, 0) is 13.2 Å². The van der Waals surface area contributed by atoms with Crippen molar-refractivity contribution in [3.63, 3.8) is 0 Å². The van der Waals surface area contributed by atoms with E-state index in [0.717, 1.165) is 25.1 Å². The minimum absolute atomic E-state index is 0.322. The minimum atomic E-state index is 0.322. The summed E-state index contributed by atoms with van der Waals surface area (Å²) in [6.07, 6.45) is 4.52. The highest BCUT2D eigenvalue weighted by atomic mass is 16.5. The average Bonchev–Trinajstić information content (AvgIpc) is 2.54. The molecule has 5 nitrogen and oxygen atoms in total. The number of benzene rings is 1. The van der Waals surface area contributed by atoms with Crippen molar-refractivity contribution in [2.75, 3.05) is 13.7 Å². The molecule has 0 unspecified atom stereocenters. The molecule has 0 saturated heterocycles. The Bertz CT molecular complexity index is 546. The predicted molar refractivity (Wildman–Crippen MR) is 81.4 cm³/mol. The quantitative estimate of drug-likeness (QED) is 0.756. The van der Waals surface area contributed by atoms with E-state index in [4.69, 9.17) is 9.47 Å². The van der Waals surface area contributed by atoms with Crippen molar-refractivity contribution in [3.8, 4) is 11.5 Å². The molecule has 0 spiro atoms. The molecule has 0 bridgehead atoms. The number of nitrogens with zero attached hydrogens (tertiary/aromatic N) is 2. The van der Waals surface area contributed by atoms with E-state index in [2.05, 4.69) is 22.2 Å². The van der Waals surface area contributed by atoms with Gasteiger partial charge in [0, 0.05) is 18.9 Å². The zero-order valence-corrected chi connectivity index (χ0v) is 12.5. The second kappa shape index (κ2) is 8.21. The van der Waals surface area contributed by atoms with Crippen molar-refractivity contribution in [2.45, 2.75) is 26.5 Å². The van der Waals surface area contributed by atoms with Gasteiger partial charge >= 0.3 is 0 Å². The lowest BCUT2D eigenvalue weighted by atomic mass is 10.2. The Morgan fingerprint density at radius 2 is 1.95 bits per heavy atom. The highest BCUT2D eigenvalue weighted by molar-refractivity contribution is 5.43. The molecule has 112 valence electrons. The Hall–Kier alpha value is -2.14. The fourth-order valence-electron chi connectivity index (χ4n) is 1.90. The van der Waals surface area contributed by atoms with E-state index in [9.17, 15) is 0 Å². The van der Waals surface area contributed by atoms with Crippen LogP contribution < -0.4 is 14.8 Å². The van der Waals surface area contributed by atoms with Gasteiger partial charge in [-0.15, -0.1) is 0 Å². The zero-order valence-electron chi connectivity index (χ0n) is 12.5. The molecule has 0 amide bonds.